The Labute approximate surface area is 143 Å². The minimum Gasteiger partial charge on any atom is -0.123 e. The first kappa shape index (κ1) is 17.1. The van der Waals surface area contributed by atoms with Gasteiger partial charge in [-0.05, 0) is 93.8 Å². The molecule has 128 valence electrons. The van der Waals surface area contributed by atoms with E-state index in [1.165, 1.54) is 64.2 Å². The molecule has 0 atom stereocenters. The third kappa shape index (κ3) is 4.43. The molecule has 22 heavy (non-hydrogen) atoms. The number of hydrogen-bond acceptors (Lipinski definition) is 0. The molecule has 0 heterocycles. The first-order chi connectivity index (χ1) is 10.8. The van der Waals surface area contributed by atoms with Gasteiger partial charge in [-0.2, -0.15) is 0 Å². The van der Waals surface area contributed by atoms with Gasteiger partial charge in [0, 0.05) is 5.38 Å². The Bertz CT molecular complexity index is 302. The van der Waals surface area contributed by atoms with Crippen molar-refractivity contribution >= 4 is 11.6 Å². The lowest BCUT2D eigenvalue weighted by Crippen LogP contribution is -2.29. The van der Waals surface area contributed by atoms with Gasteiger partial charge in [-0.25, -0.2) is 0 Å². The molecular formula is C21H37Cl. The maximum Gasteiger partial charge on any atom is 0.0336 e. The molecule has 0 N–H and O–H groups in total. The van der Waals surface area contributed by atoms with E-state index in [-0.39, 0.29) is 0 Å². The lowest BCUT2D eigenvalue weighted by atomic mass is 9.65. The van der Waals surface area contributed by atoms with E-state index in [9.17, 15) is 0 Å². The van der Waals surface area contributed by atoms with Crippen LogP contribution in [0.5, 0.6) is 0 Å². The van der Waals surface area contributed by atoms with E-state index in [2.05, 4.69) is 6.92 Å². The van der Waals surface area contributed by atoms with Gasteiger partial charge in [-0.3, -0.25) is 0 Å². The van der Waals surface area contributed by atoms with Crippen LogP contribution in [0.15, 0.2) is 0 Å². The molecule has 0 aromatic rings. The summed E-state index contributed by atoms with van der Waals surface area (Å²) in [5, 5.41) is 0.492. The lowest BCUT2D eigenvalue weighted by molar-refractivity contribution is 0.112. The Balaban J connectivity index is 1.39. The van der Waals surface area contributed by atoms with E-state index in [0.29, 0.717) is 5.38 Å². The summed E-state index contributed by atoms with van der Waals surface area (Å²) >= 11 is 6.28. The highest BCUT2D eigenvalue weighted by Crippen LogP contribution is 2.46. The van der Waals surface area contributed by atoms with Crippen molar-refractivity contribution in [3.05, 3.63) is 0 Å². The topological polar surface area (TPSA) is 0 Å². The van der Waals surface area contributed by atoms with Crippen LogP contribution in [0.2, 0.25) is 0 Å². The first-order valence-electron chi connectivity index (χ1n) is 10.4. The minimum atomic E-state index is 0.492. The Morgan fingerprint density at radius 1 is 0.591 bits per heavy atom. The van der Waals surface area contributed by atoms with Gasteiger partial charge in [-0.15, -0.1) is 11.6 Å². The molecule has 0 spiro atoms. The summed E-state index contributed by atoms with van der Waals surface area (Å²) in [5.74, 6) is 5.33. The van der Waals surface area contributed by atoms with Crippen LogP contribution in [-0.2, 0) is 0 Å². The van der Waals surface area contributed by atoms with E-state index in [1.54, 1.807) is 25.7 Å². The third-order valence-corrected chi connectivity index (χ3v) is 7.88. The Morgan fingerprint density at radius 3 is 1.36 bits per heavy atom. The van der Waals surface area contributed by atoms with E-state index in [4.69, 9.17) is 11.6 Å². The normalized spacial score (nSPS) is 43.9. The van der Waals surface area contributed by atoms with Crippen molar-refractivity contribution in [2.24, 2.45) is 29.6 Å². The molecule has 0 nitrogen and oxygen atoms in total. The fourth-order valence-electron chi connectivity index (χ4n) is 5.99. The smallest absolute Gasteiger partial charge is 0.0336 e. The summed E-state index contributed by atoms with van der Waals surface area (Å²) in [5.41, 5.74) is 0. The van der Waals surface area contributed by atoms with E-state index < -0.39 is 0 Å². The fourth-order valence-corrected chi connectivity index (χ4v) is 6.25. The van der Waals surface area contributed by atoms with Gasteiger partial charge in [0.15, 0.2) is 0 Å². The molecule has 0 radical (unpaired) electrons. The average Bonchev–Trinajstić information content (AvgIpc) is 2.57. The molecule has 0 aromatic heterocycles. The second-order valence-corrected chi connectivity index (χ2v) is 9.37. The van der Waals surface area contributed by atoms with Crippen molar-refractivity contribution in [3.63, 3.8) is 0 Å². The van der Waals surface area contributed by atoms with Crippen molar-refractivity contribution in [1.82, 2.24) is 0 Å². The van der Waals surface area contributed by atoms with Crippen LogP contribution in [0.4, 0.5) is 0 Å². The standard InChI is InChI=1S/C21H37Cl/c1-2-3-16-4-6-17(7-5-16)18-8-10-19(11-9-18)20-12-14-21(22)15-13-20/h16-21H,2-15H2,1H3. The maximum atomic E-state index is 6.28. The van der Waals surface area contributed by atoms with Gasteiger partial charge < -0.3 is 0 Å². The zero-order chi connectivity index (χ0) is 15.4. The van der Waals surface area contributed by atoms with Crippen LogP contribution in [0, 0.1) is 29.6 Å². The van der Waals surface area contributed by atoms with Gasteiger partial charge in [0.05, 0.1) is 0 Å². The van der Waals surface area contributed by atoms with E-state index in [1.807, 2.05) is 0 Å². The van der Waals surface area contributed by atoms with Crippen LogP contribution in [0.1, 0.15) is 96.8 Å². The Morgan fingerprint density at radius 2 is 0.955 bits per heavy atom. The summed E-state index contributed by atoms with van der Waals surface area (Å²) in [6.07, 6.45) is 20.7. The molecular weight excluding hydrogens is 288 g/mol. The summed E-state index contributed by atoms with van der Waals surface area (Å²) in [7, 11) is 0. The Hall–Kier alpha value is 0.290. The molecule has 0 aromatic carbocycles. The number of hydrogen-bond donors (Lipinski definition) is 0. The molecule has 0 amide bonds. The molecule has 3 aliphatic carbocycles. The zero-order valence-electron chi connectivity index (χ0n) is 14.7. The SMILES string of the molecule is CCCC1CCC(C2CCC(C3CCC(Cl)CC3)CC2)CC1. The van der Waals surface area contributed by atoms with E-state index in [0.717, 1.165) is 29.6 Å². The average molecular weight is 325 g/mol. The molecule has 3 aliphatic rings. The van der Waals surface area contributed by atoms with Crippen molar-refractivity contribution < 1.29 is 0 Å². The fraction of sp³-hybridized carbons (Fsp3) is 1.00. The predicted molar refractivity (Wildman–Crippen MR) is 97.4 cm³/mol. The van der Waals surface area contributed by atoms with Crippen LogP contribution in [0.3, 0.4) is 0 Å². The van der Waals surface area contributed by atoms with Crippen LogP contribution >= 0.6 is 11.6 Å². The van der Waals surface area contributed by atoms with E-state index >= 15 is 0 Å². The minimum absolute atomic E-state index is 0.492. The summed E-state index contributed by atoms with van der Waals surface area (Å²) in [6.45, 7) is 2.35. The number of alkyl halides is 1. The summed E-state index contributed by atoms with van der Waals surface area (Å²) in [6, 6.07) is 0. The maximum absolute atomic E-state index is 6.28. The van der Waals surface area contributed by atoms with Gasteiger partial charge in [0.1, 0.15) is 0 Å². The molecule has 3 saturated carbocycles. The molecule has 0 saturated heterocycles. The second-order valence-electron chi connectivity index (χ2n) is 8.76. The van der Waals surface area contributed by atoms with Crippen molar-refractivity contribution in [1.29, 1.82) is 0 Å². The van der Waals surface area contributed by atoms with Gasteiger partial charge in [0.2, 0.25) is 0 Å². The quantitative estimate of drug-likeness (QED) is 0.480. The number of halogens is 1. The molecule has 3 fully saturated rings. The molecule has 0 aliphatic heterocycles. The Kier molecular flexibility index (Phi) is 6.54. The largest absolute Gasteiger partial charge is 0.123 e. The van der Waals surface area contributed by atoms with Crippen LogP contribution < -0.4 is 0 Å². The highest BCUT2D eigenvalue weighted by atomic mass is 35.5. The zero-order valence-corrected chi connectivity index (χ0v) is 15.5. The monoisotopic (exact) mass is 324 g/mol. The molecule has 0 unspecified atom stereocenters. The highest BCUT2D eigenvalue weighted by Gasteiger charge is 2.34. The van der Waals surface area contributed by atoms with Gasteiger partial charge in [-0.1, -0.05) is 32.6 Å². The highest BCUT2D eigenvalue weighted by molar-refractivity contribution is 6.20. The molecule has 3 rings (SSSR count). The molecule has 1 heteroatoms. The van der Waals surface area contributed by atoms with Crippen molar-refractivity contribution in [2.75, 3.05) is 0 Å². The summed E-state index contributed by atoms with van der Waals surface area (Å²) in [4.78, 5) is 0. The van der Waals surface area contributed by atoms with Crippen LogP contribution in [-0.4, -0.2) is 5.38 Å². The lowest BCUT2D eigenvalue weighted by Gasteiger charge is -2.41. The number of rotatable bonds is 4. The summed E-state index contributed by atoms with van der Waals surface area (Å²) < 4.78 is 0. The first-order valence-corrected chi connectivity index (χ1v) is 10.8. The van der Waals surface area contributed by atoms with Gasteiger partial charge in [0.25, 0.3) is 0 Å². The third-order valence-electron chi connectivity index (χ3n) is 7.44. The molecule has 0 bridgehead atoms. The van der Waals surface area contributed by atoms with Gasteiger partial charge >= 0.3 is 0 Å². The van der Waals surface area contributed by atoms with Crippen molar-refractivity contribution in [2.45, 2.75) is 102 Å². The second kappa shape index (κ2) is 8.41. The predicted octanol–water partition coefficient (Wildman–Crippen LogP) is 7.20. The van der Waals surface area contributed by atoms with Crippen LogP contribution in [0.25, 0.3) is 0 Å². The van der Waals surface area contributed by atoms with Crippen molar-refractivity contribution in [3.8, 4) is 0 Å².